The van der Waals surface area contributed by atoms with E-state index in [1.807, 2.05) is 39.0 Å². The van der Waals surface area contributed by atoms with E-state index in [2.05, 4.69) is 10.6 Å². The molecule has 0 aliphatic rings. The smallest absolute Gasteiger partial charge is 0.314 e. The van der Waals surface area contributed by atoms with Crippen LogP contribution in [0.25, 0.3) is 0 Å². The van der Waals surface area contributed by atoms with Gasteiger partial charge in [0.1, 0.15) is 0 Å². The van der Waals surface area contributed by atoms with Gasteiger partial charge in [-0.2, -0.15) is 0 Å². The molecule has 0 saturated heterocycles. The highest BCUT2D eigenvalue weighted by Gasteiger charge is 2.16. The van der Waals surface area contributed by atoms with Gasteiger partial charge in [0.2, 0.25) is 0 Å². The van der Waals surface area contributed by atoms with Gasteiger partial charge >= 0.3 is 11.8 Å². The lowest BCUT2D eigenvalue weighted by Gasteiger charge is -2.11. The van der Waals surface area contributed by atoms with E-state index in [0.717, 1.165) is 16.7 Å². The zero-order valence-corrected chi connectivity index (χ0v) is 12.9. The van der Waals surface area contributed by atoms with E-state index in [4.69, 9.17) is 5.73 Å². The Morgan fingerprint density at radius 1 is 0.818 bits per heavy atom. The molecule has 0 saturated carbocycles. The van der Waals surface area contributed by atoms with E-state index in [1.54, 1.807) is 18.2 Å². The SMILES string of the molecule is Cc1ccc(NC(=O)C(=O)Nc2cc(C)ccc2N)c(C)c1. The molecule has 0 unspecified atom stereocenters. The molecule has 5 heteroatoms. The Balaban J connectivity index is 2.09. The summed E-state index contributed by atoms with van der Waals surface area (Å²) in [5.41, 5.74) is 10.2. The second-order valence-corrected chi connectivity index (χ2v) is 5.32. The predicted molar refractivity (Wildman–Crippen MR) is 88.8 cm³/mol. The molecule has 0 radical (unpaired) electrons. The molecule has 0 spiro atoms. The number of nitrogens with two attached hydrogens (primary N) is 1. The minimum atomic E-state index is -0.753. The van der Waals surface area contributed by atoms with E-state index < -0.39 is 11.8 Å². The summed E-state index contributed by atoms with van der Waals surface area (Å²) in [6.45, 7) is 5.72. The van der Waals surface area contributed by atoms with Crippen molar-refractivity contribution < 1.29 is 9.59 Å². The van der Waals surface area contributed by atoms with Crippen molar-refractivity contribution in [1.29, 1.82) is 0 Å². The summed E-state index contributed by atoms with van der Waals surface area (Å²) in [5, 5.41) is 5.13. The molecule has 2 amide bonds. The van der Waals surface area contributed by atoms with Crippen molar-refractivity contribution in [3.63, 3.8) is 0 Å². The molecule has 2 aromatic rings. The summed E-state index contributed by atoms with van der Waals surface area (Å²) >= 11 is 0. The minimum Gasteiger partial charge on any atom is -0.397 e. The van der Waals surface area contributed by atoms with Gasteiger partial charge in [-0.15, -0.1) is 0 Å². The standard InChI is InChI=1S/C17H19N3O2/c1-10-5-7-14(12(3)8-10)19-16(21)17(22)20-15-9-11(2)4-6-13(15)18/h4-9H,18H2,1-3H3,(H,19,21)(H,20,22). The van der Waals surface area contributed by atoms with Crippen molar-refractivity contribution in [2.24, 2.45) is 0 Å². The topological polar surface area (TPSA) is 84.2 Å². The van der Waals surface area contributed by atoms with Gasteiger partial charge in [-0.05, 0) is 50.1 Å². The summed E-state index contributed by atoms with van der Waals surface area (Å²) in [7, 11) is 0. The van der Waals surface area contributed by atoms with Gasteiger partial charge in [-0.3, -0.25) is 9.59 Å². The molecule has 0 aromatic heterocycles. The van der Waals surface area contributed by atoms with Gasteiger partial charge in [0.05, 0.1) is 11.4 Å². The molecule has 0 heterocycles. The fourth-order valence-electron chi connectivity index (χ4n) is 2.09. The third-order valence-corrected chi connectivity index (χ3v) is 3.29. The summed E-state index contributed by atoms with van der Waals surface area (Å²) < 4.78 is 0. The average molecular weight is 297 g/mol. The van der Waals surface area contributed by atoms with Gasteiger partial charge < -0.3 is 16.4 Å². The number of nitrogen functional groups attached to an aromatic ring is 1. The molecular formula is C17H19N3O2. The van der Waals surface area contributed by atoms with E-state index in [9.17, 15) is 9.59 Å². The number of nitrogens with one attached hydrogen (secondary N) is 2. The Morgan fingerprint density at radius 3 is 2.00 bits per heavy atom. The molecule has 0 fully saturated rings. The molecular weight excluding hydrogens is 278 g/mol. The first kappa shape index (κ1) is 15.6. The number of carbonyl (C=O) groups is 2. The fraction of sp³-hybridized carbons (Fsp3) is 0.176. The van der Waals surface area contributed by atoms with Crippen molar-refractivity contribution >= 4 is 28.9 Å². The number of hydrogen-bond acceptors (Lipinski definition) is 3. The molecule has 22 heavy (non-hydrogen) atoms. The quantitative estimate of drug-likeness (QED) is 0.588. The van der Waals surface area contributed by atoms with Gasteiger partial charge in [-0.25, -0.2) is 0 Å². The first-order valence-corrected chi connectivity index (χ1v) is 6.92. The molecule has 0 aliphatic carbocycles. The number of carbonyl (C=O) groups excluding carboxylic acids is 2. The van der Waals surface area contributed by atoms with Crippen molar-refractivity contribution in [2.75, 3.05) is 16.4 Å². The van der Waals surface area contributed by atoms with E-state index in [0.29, 0.717) is 17.1 Å². The molecule has 0 bridgehead atoms. The largest absolute Gasteiger partial charge is 0.397 e. The maximum Gasteiger partial charge on any atom is 0.314 e. The lowest BCUT2D eigenvalue weighted by molar-refractivity contribution is -0.132. The Hall–Kier alpha value is -2.82. The first-order valence-electron chi connectivity index (χ1n) is 6.92. The predicted octanol–water partition coefficient (Wildman–Crippen LogP) is 2.77. The fourth-order valence-corrected chi connectivity index (χ4v) is 2.09. The number of hydrogen-bond donors (Lipinski definition) is 3. The van der Waals surface area contributed by atoms with Crippen LogP contribution in [0.4, 0.5) is 17.1 Å². The van der Waals surface area contributed by atoms with Crippen LogP contribution in [-0.2, 0) is 9.59 Å². The van der Waals surface area contributed by atoms with Crippen LogP contribution in [0.2, 0.25) is 0 Å². The Labute approximate surface area is 129 Å². The lowest BCUT2D eigenvalue weighted by Crippen LogP contribution is -2.29. The molecule has 2 aromatic carbocycles. The molecule has 2 rings (SSSR count). The van der Waals surface area contributed by atoms with E-state index in [-0.39, 0.29) is 0 Å². The number of amides is 2. The number of rotatable bonds is 2. The normalized spacial score (nSPS) is 10.1. The minimum absolute atomic E-state index is 0.415. The van der Waals surface area contributed by atoms with Crippen molar-refractivity contribution in [2.45, 2.75) is 20.8 Å². The molecule has 4 N–H and O–H groups in total. The first-order chi connectivity index (χ1) is 10.4. The second-order valence-electron chi connectivity index (χ2n) is 5.32. The van der Waals surface area contributed by atoms with Gasteiger partial charge in [-0.1, -0.05) is 23.8 Å². The van der Waals surface area contributed by atoms with Crippen LogP contribution in [0.3, 0.4) is 0 Å². The number of aryl methyl sites for hydroxylation is 3. The summed E-state index contributed by atoms with van der Waals surface area (Å²) in [5.74, 6) is -1.48. The highest BCUT2D eigenvalue weighted by molar-refractivity contribution is 6.44. The molecule has 0 atom stereocenters. The number of benzene rings is 2. The lowest BCUT2D eigenvalue weighted by atomic mass is 10.1. The average Bonchev–Trinajstić information content (AvgIpc) is 2.45. The van der Waals surface area contributed by atoms with Crippen LogP contribution in [0.1, 0.15) is 16.7 Å². The van der Waals surface area contributed by atoms with Crippen LogP contribution >= 0.6 is 0 Å². The van der Waals surface area contributed by atoms with Crippen molar-refractivity contribution in [1.82, 2.24) is 0 Å². The van der Waals surface area contributed by atoms with Crippen molar-refractivity contribution in [3.05, 3.63) is 53.1 Å². The van der Waals surface area contributed by atoms with Crippen molar-refractivity contribution in [3.8, 4) is 0 Å². The summed E-state index contributed by atoms with van der Waals surface area (Å²) in [6.07, 6.45) is 0. The molecule has 114 valence electrons. The van der Waals surface area contributed by atoms with Crippen LogP contribution in [0.15, 0.2) is 36.4 Å². The molecule has 0 aliphatic heterocycles. The number of anilines is 3. The third-order valence-electron chi connectivity index (χ3n) is 3.29. The summed E-state index contributed by atoms with van der Waals surface area (Å²) in [4.78, 5) is 24.0. The maximum atomic E-state index is 12.0. The monoisotopic (exact) mass is 297 g/mol. The third kappa shape index (κ3) is 3.63. The van der Waals surface area contributed by atoms with Gasteiger partial charge in [0.25, 0.3) is 0 Å². The van der Waals surface area contributed by atoms with Gasteiger partial charge in [0.15, 0.2) is 0 Å². The Morgan fingerprint density at radius 2 is 1.36 bits per heavy atom. The maximum absolute atomic E-state index is 12.0. The zero-order valence-electron chi connectivity index (χ0n) is 12.9. The van der Waals surface area contributed by atoms with Gasteiger partial charge in [0, 0.05) is 5.69 Å². The van der Waals surface area contributed by atoms with Crippen LogP contribution < -0.4 is 16.4 Å². The Bertz CT molecular complexity index is 739. The zero-order chi connectivity index (χ0) is 16.3. The highest BCUT2D eigenvalue weighted by Crippen LogP contribution is 2.20. The second kappa shape index (κ2) is 6.30. The van der Waals surface area contributed by atoms with E-state index >= 15 is 0 Å². The van der Waals surface area contributed by atoms with Crippen LogP contribution in [0.5, 0.6) is 0 Å². The molecule has 5 nitrogen and oxygen atoms in total. The highest BCUT2D eigenvalue weighted by atomic mass is 16.2. The van der Waals surface area contributed by atoms with Crippen LogP contribution in [0, 0.1) is 20.8 Å². The Kier molecular flexibility index (Phi) is 4.46. The van der Waals surface area contributed by atoms with E-state index in [1.165, 1.54) is 0 Å². The summed E-state index contributed by atoms with van der Waals surface area (Å²) in [6, 6.07) is 10.8. The van der Waals surface area contributed by atoms with Crippen LogP contribution in [-0.4, -0.2) is 11.8 Å².